The maximum absolute atomic E-state index is 13.5. The highest BCUT2D eigenvalue weighted by atomic mass is 35.5. The van der Waals surface area contributed by atoms with Gasteiger partial charge in [0.15, 0.2) is 0 Å². The third-order valence-electron chi connectivity index (χ3n) is 6.50. The van der Waals surface area contributed by atoms with Gasteiger partial charge in [0.05, 0.1) is 35.2 Å². The summed E-state index contributed by atoms with van der Waals surface area (Å²) in [5, 5.41) is 16.6. The van der Waals surface area contributed by atoms with E-state index in [0.717, 1.165) is 4.90 Å². The Balaban J connectivity index is 1.61. The fourth-order valence-electron chi connectivity index (χ4n) is 5.13. The maximum atomic E-state index is 13.5. The molecule has 0 saturated carbocycles. The van der Waals surface area contributed by atoms with Gasteiger partial charge in [0.2, 0.25) is 17.7 Å². The van der Waals surface area contributed by atoms with E-state index < -0.39 is 53.1 Å². The molecule has 3 aliphatic rings. The Labute approximate surface area is 182 Å². The highest BCUT2D eigenvalue weighted by Crippen LogP contribution is 2.54. The van der Waals surface area contributed by atoms with Crippen LogP contribution in [0.5, 0.6) is 0 Å². The molecule has 3 N–H and O–H groups in total. The van der Waals surface area contributed by atoms with E-state index in [9.17, 15) is 23.9 Å². The molecule has 160 valence electrons. The molecule has 2 aromatic rings. The Hall–Kier alpha value is -2.81. The topological polar surface area (TPSA) is 98.7 Å². The lowest BCUT2D eigenvalue weighted by molar-refractivity contribution is -0.143. The number of rotatable bonds is 3. The van der Waals surface area contributed by atoms with Gasteiger partial charge in [-0.2, -0.15) is 0 Å². The van der Waals surface area contributed by atoms with Crippen LogP contribution >= 0.6 is 11.6 Å². The number of anilines is 1. The molecule has 1 spiro atoms. The largest absolute Gasteiger partial charge is 0.392 e. The van der Waals surface area contributed by atoms with E-state index in [2.05, 4.69) is 10.6 Å². The number of nitrogens with one attached hydrogen (secondary N) is 2. The lowest BCUT2D eigenvalue weighted by Crippen LogP contribution is -2.54. The average Bonchev–Trinajstić information content (AvgIpc) is 3.32. The van der Waals surface area contributed by atoms with Crippen LogP contribution in [0.15, 0.2) is 42.5 Å². The monoisotopic (exact) mass is 443 g/mol. The molecule has 5 atom stereocenters. The lowest BCUT2D eigenvalue weighted by atomic mass is 9.76. The number of benzene rings is 2. The van der Waals surface area contributed by atoms with Crippen LogP contribution < -0.4 is 10.6 Å². The maximum Gasteiger partial charge on any atom is 0.250 e. The van der Waals surface area contributed by atoms with Crippen molar-refractivity contribution in [3.63, 3.8) is 0 Å². The second-order valence-electron chi connectivity index (χ2n) is 8.23. The number of aliphatic hydroxyl groups excluding tert-OH is 1. The van der Waals surface area contributed by atoms with Gasteiger partial charge in [-0.05, 0) is 30.7 Å². The quantitative estimate of drug-likeness (QED) is 0.628. The summed E-state index contributed by atoms with van der Waals surface area (Å²) in [6, 6.07) is 9.69. The van der Waals surface area contributed by atoms with E-state index in [1.807, 2.05) is 0 Å². The van der Waals surface area contributed by atoms with Gasteiger partial charge in [-0.15, -0.1) is 0 Å². The molecule has 0 bridgehead atoms. The van der Waals surface area contributed by atoms with Crippen molar-refractivity contribution in [2.75, 3.05) is 5.32 Å². The number of likely N-dealkylation sites (tertiary alicyclic amines) is 1. The molecule has 9 heteroatoms. The van der Waals surface area contributed by atoms with E-state index in [4.69, 9.17) is 11.6 Å². The first kappa shape index (κ1) is 20.1. The standard InChI is InChI=1S/C22H19ClFN3O4/c1-10(28)17-15-16(20(30)27(19(15)29)9-11-5-7-12(24)8-6-11)22(26-17)13-3-2-4-14(23)18(13)25-21(22)31/h2-8,10,15-17,26,28H,9H2,1H3,(H,25,31)/t10-,15+,16+,17+,22+/m1/s1. The van der Waals surface area contributed by atoms with Gasteiger partial charge in [0, 0.05) is 11.6 Å². The van der Waals surface area contributed by atoms with Gasteiger partial charge in [0.1, 0.15) is 11.4 Å². The van der Waals surface area contributed by atoms with Crippen molar-refractivity contribution in [2.45, 2.75) is 31.2 Å². The van der Waals surface area contributed by atoms with Gasteiger partial charge in [-0.3, -0.25) is 24.6 Å². The molecule has 3 heterocycles. The summed E-state index contributed by atoms with van der Waals surface area (Å²) in [6.07, 6.45) is -0.995. The third-order valence-corrected chi connectivity index (χ3v) is 6.81. The van der Waals surface area contributed by atoms with E-state index >= 15 is 0 Å². The summed E-state index contributed by atoms with van der Waals surface area (Å²) >= 11 is 6.27. The van der Waals surface area contributed by atoms with E-state index in [1.165, 1.54) is 31.2 Å². The summed E-state index contributed by atoms with van der Waals surface area (Å²) in [5.41, 5.74) is -0.0635. The van der Waals surface area contributed by atoms with Crippen LogP contribution in [0.4, 0.5) is 10.1 Å². The Bertz CT molecular complexity index is 1120. The molecule has 2 saturated heterocycles. The van der Waals surface area contributed by atoms with Crippen molar-refractivity contribution in [3.8, 4) is 0 Å². The number of aliphatic hydroxyl groups is 1. The van der Waals surface area contributed by atoms with E-state index in [-0.39, 0.29) is 6.54 Å². The van der Waals surface area contributed by atoms with E-state index in [0.29, 0.717) is 21.8 Å². The Morgan fingerprint density at radius 3 is 2.55 bits per heavy atom. The van der Waals surface area contributed by atoms with Gasteiger partial charge < -0.3 is 10.4 Å². The van der Waals surface area contributed by atoms with Gasteiger partial charge in [0.25, 0.3) is 0 Å². The second-order valence-corrected chi connectivity index (χ2v) is 8.63. The molecule has 3 aliphatic heterocycles. The minimum atomic E-state index is -1.52. The Kier molecular flexibility index (Phi) is 4.44. The van der Waals surface area contributed by atoms with Crippen LogP contribution in [0.3, 0.4) is 0 Å². The number of fused-ring (bicyclic) bond motifs is 4. The molecule has 0 radical (unpaired) electrons. The summed E-state index contributed by atoms with van der Waals surface area (Å²) in [5.74, 6) is -3.87. The highest BCUT2D eigenvalue weighted by molar-refractivity contribution is 6.35. The number of para-hydroxylation sites is 1. The Morgan fingerprint density at radius 1 is 1.16 bits per heavy atom. The van der Waals surface area contributed by atoms with Crippen LogP contribution in [0.2, 0.25) is 5.02 Å². The molecule has 3 amide bonds. The summed E-state index contributed by atoms with van der Waals surface area (Å²) in [6.45, 7) is 1.47. The van der Waals surface area contributed by atoms with Crippen molar-refractivity contribution in [1.29, 1.82) is 0 Å². The predicted octanol–water partition coefficient (Wildman–Crippen LogP) is 1.78. The number of imide groups is 1. The lowest BCUT2D eigenvalue weighted by Gasteiger charge is -2.30. The van der Waals surface area contributed by atoms with Gasteiger partial charge >= 0.3 is 0 Å². The predicted molar refractivity (Wildman–Crippen MR) is 109 cm³/mol. The molecule has 7 nitrogen and oxygen atoms in total. The van der Waals surface area contributed by atoms with Crippen molar-refractivity contribution in [2.24, 2.45) is 11.8 Å². The van der Waals surface area contributed by atoms with Crippen LogP contribution in [0, 0.1) is 17.7 Å². The number of carbonyl (C=O) groups is 3. The van der Waals surface area contributed by atoms with Gasteiger partial charge in [-0.1, -0.05) is 35.9 Å². The summed E-state index contributed by atoms with van der Waals surface area (Å²) in [7, 11) is 0. The zero-order valence-corrected chi connectivity index (χ0v) is 17.2. The molecule has 0 aliphatic carbocycles. The normalized spacial score (nSPS) is 30.0. The van der Waals surface area contributed by atoms with Crippen molar-refractivity contribution >= 4 is 35.0 Å². The van der Waals surface area contributed by atoms with Crippen LogP contribution in [0.1, 0.15) is 18.1 Å². The second kappa shape index (κ2) is 6.85. The number of hydrogen-bond donors (Lipinski definition) is 3. The first-order valence-corrected chi connectivity index (χ1v) is 10.3. The molecule has 5 rings (SSSR count). The fraction of sp³-hybridized carbons (Fsp3) is 0.318. The SMILES string of the molecule is C[C@@H](O)[C@@H]1N[C@]2(C(=O)Nc3c(Cl)cccc32)[C@@H]2C(=O)N(Cc3ccc(F)cc3)C(=O)[C@H]12. The van der Waals surface area contributed by atoms with Crippen LogP contribution in [0.25, 0.3) is 0 Å². The molecule has 2 fully saturated rings. The average molecular weight is 444 g/mol. The zero-order chi connectivity index (χ0) is 22.1. The molecule has 31 heavy (non-hydrogen) atoms. The number of hydrogen-bond acceptors (Lipinski definition) is 5. The fourth-order valence-corrected chi connectivity index (χ4v) is 5.35. The third kappa shape index (κ3) is 2.68. The molecular weight excluding hydrogens is 425 g/mol. The molecule has 2 aromatic carbocycles. The molecule has 0 aromatic heterocycles. The summed E-state index contributed by atoms with van der Waals surface area (Å²) in [4.78, 5) is 41.2. The Morgan fingerprint density at radius 2 is 1.87 bits per heavy atom. The van der Waals surface area contributed by atoms with Crippen molar-refractivity contribution < 1.29 is 23.9 Å². The minimum Gasteiger partial charge on any atom is -0.392 e. The van der Waals surface area contributed by atoms with Crippen molar-refractivity contribution in [1.82, 2.24) is 10.2 Å². The number of halogens is 2. The number of nitrogens with zero attached hydrogens (tertiary/aromatic N) is 1. The number of amides is 3. The van der Waals surface area contributed by atoms with E-state index in [1.54, 1.807) is 18.2 Å². The zero-order valence-electron chi connectivity index (χ0n) is 16.4. The van der Waals surface area contributed by atoms with Crippen LogP contribution in [-0.4, -0.2) is 39.9 Å². The summed E-state index contributed by atoms with van der Waals surface area (Å²) < 4.78 is 13.3. The highest BCUT2D eigenvalue weighted by Gasteiger charge is 2.71. The van der Waals surface area contributed by atoms with Crippen molar-refractivity contribution in [3.05, 3.63) is 64.4 Å². The minimum absolute atomic E-state index is 0.0441. The first-order chi connectivity index (χ1) is 14.8. The van der Waals surface area contributed by atoms with Crippen LogP contribution in [-0.2, 0) is 26.5 Å². The molecular formula is C22H19ClFN3O4. The van der Waals surface area contributed by atoms with Gasteiger partial charge in [-0.25, -0.2) is 4.39 Å². The number of carbonyl (C=O) groups excluding carboxylic acids is 3. The first-order valence-electron chi connectivity index (χ1n) is 9.91. The molecule has 0 unspecified atom stereocenters. The smallest absolute Gasteiger partial charge is 0.250 e.